The summed E-state index contributed by atoms with van der Waals surface area (Å²) in [6, 6.07) is 4.22. The maximum Gasteiger partial charge on any atom is 0.240 e. The maximum absolute atomic E-state index is 5.31. The quantitative estimate of drug-likeness (QED) is 0.835. The van der Waals surface area contributed by atoms with Crippen molar-refractivity contribution >= 4 is 17.4 Å². The summed E-state index contributed by atoms with van der Waals surface area (Å²) in [5.41, 5.74) is 2.32. The molecule has 0 aliphatic carbocycles. The Hall–Kier alpha value is -1.60. The zero-order valence-electron chi connectivity index (χ0n) is 13.0. The highest BCUT2D eigenvalue weighted by Gasteiger charge is 2.19. The summed E-state index contributed by atoms with van der Waals surface area (Å²) in [6.07, 6.45) is 3.92. The number of anilines is 1. The molecule has 0 radical (unpaired) electrons. The van der Waals surface area contributed by atoms with Crippen molar-refractivity contribution in [1.29, 1.82) is 0 Å². The molecule has 0 spiro atoms. The van der Waals surface area contributed by atoms with Crippen molar-refractivity contribution in [3.63, 3.8) is 0 Å². The second kappa shape index (κ2) is 7.11. The third-order valence-corrected chi connectivity index (χ3v) is 4.31. The van der Waals surface area contributed by atoms with Crippen molar-refractivity contribution in [2.24, 2.45) is 0 Å². The van der Waals surface area contributed by atoms with Gasteiger partial charge in [-0.1, -0.05) is 5.16 Å². The van der Waals surface area contributed by atoms with Crippen molar-refractivity contribution < 1.29 is 4.52 Å². The lowest BCUT2D eigenvalue weighted by atomic mass is 10.2. The fourth-order valence-electron chi connectivity index (χ4n) is 2.62. The molecule has 0 unspecified atom stereocenters. The van der Waals surface area contributed by atoms with Gasteiger partial charge in [0.25, 0.3) is 0 Å². The Balaban J connectivity index is 1.53. The van der Waals surface area contributed by atoms with Gasteiger partial charge in [0, 0.05) is 43.8 Å². The predicted octanol–water partition coefficient (Wildman–Crippen LogP) is 1.96. The molecule has 22 heavy (non-hydrogen) atoms. The fraction of sp³-hybridized carbons (Fsp3) is 0.533. The second-order valence-corrected chi connectivity index (χ2v) is 6.32. The Bertz CT molecular complexity index is 609. The van der Waals surface area contributed by atoms with Gasteiger partial charge in [0.2, 0.25) is 5.89 Å². The summed E-state index contributed by atoms with van der Waals surface area (Å²) in [5.74, 6) is 2.31. The van der Waals surface area contributed by atoms with Gasteiger partial charge in [-0.2, -0.15) is 16.7 Å². The molecule has 0 atom stereocenters. The number of aryl methyl sites for hydroxylation is 1. The van der Waals surface area contributed by atoms with Crippen LogP contribution in [0, 0.1) is 6.92 Å². The van der Waals surface area contributed by atoms with E-state index in [0.717, 1.165) is 55.9 Å². The molecule has 0 bridgehead atoms. The van der Waals surface area contributed by atoms with Gasteiger partial charge in [0.1, 0.15) is 0 Å². The minimum absolute atomic E-state index is 0.720. The van der Waals surface area contributed by atoms with E-state index in [9.17, 15) is 0 Å². The first-order valence-corrected chi connectivity index (χ1v) is 8.84. The average molecular weight is 319 g/mol. The van der Waals surface area contributed by atoms with Crippen LogP contribution >= 0.6 is 11.8 Å². The van der Waals surface area contributed by atoms with E-state index in [4.69, 9.17) is 4.52 Å². The summed E-state index contributed by atoms with van der Waals surface area (Å²) >= 11 is 1.70. The molecule has 0 saturated carbocycles. The van der Waals surface area contributed by atoms with Crippen LogP contribution in [0.5, 0.6) is 0 Å². The first kappa shape index (κ1) is 15.3. The average Bonchev–Trinajstić information content (AvgIpc) is 2.96. The topological polar surface area (TPSA) is 58.3 Å². The van der Waals surface area contributed by atoms with E-state index in [2.05, 4.69) is 37.1 Å². The minimum Gasteiger partial charge on any atom is -0.369 e. The Morgan fingerprint density at radius 1 is 1.27 bits per heavy atom. The number of hydrogen-bond acceptors (Lipinski definition) is 7. The standard InChI is InChI=1S/C15H21N5OS/c1-12-9-13(3-4-16-12)20-7-5-19(6-8-20)10-15-17-14(11-22-2)18-21-15/h3-4,9H,5-8,10-11H2,1-2H3. The Labute approximate surface area is 134 Å². The van der Waals surface area contributed by atoms with Gasteiger partial charge in [-0.15, -0.1) is 0 Å². The van der Waals surface area contributed by atoms with Crippen LogP contribution in [0.3, 0.4) is 0 Å². The normalized spacial score (nSPS) is 16.2. The monoisotopic (exact) mass is 319 g/mol. The molecule has 1 aliphatic heterocycles. The Kier molecular flexibility index (Phi) is 4.94. The molecule has 0 aromatic carbocycles. The van der Waals surface area contributed by atoms with E-state index < -0.39 is 0 Å². The highest BCUT2D eigenvalue weighted by atomic mass is 32.2. The molecule has 3 rings (SSSR count). The third-order valence-electron chi connectivity index (χ3n) is 3.76. The molecule has 1 aliphatic rings. The van der Waals surface area contributed by atoms with E-state index in [1.165, 1.54) is 5.69 Å². The van der Waals surface area contributed by atoms with Gasteiger partial charge in [-0.3, -0.25) is 9.88 Å². The molecule has 0 N–H and O–H groups in total. The van der Waals surface area contributed by atoms with Crippen molar-refractivity contribution in [2.75, 3.05) is 37.3 Å². The van der Waals surface area contributed by atoms with Crippen molar-refractivity contribution in [3.8, 4) is 0 Å². The maximum atomic E-state index is 5.31. The van der Waals surface area contributed by atoms with Crippen molar-refractivity contribution in [1.82, 2.24) is 20.0 Å². The summed E-state index contributed by atoms with van der Waals surface area (Å²) < 4.78 is 5.31. The first-order valence-electron chi connectivity index (χ1n) is 7.45. The summed E-state index contributed by atoms with van der Waals surface area (Å²) in [7, 11) is 0. The minimum atomic E-state index is 0.720. The van der Waals surface area contributed by atoms with E-state index in [-0.39, 0.29) is 0 Å². The van der Waals surface area contributed by atoms with Gasteiger partial charge in [-0.05, 0) is 25.3 Å². The summed E-state index contributed by atoms with van der Waals surface area (Å²) in [4.78, 5) is 13.4. The van der Waals surface area contributed by atoms with E-state index in [1.54, 1.807) is 11.8 Å². The van der Waals surface area contributed by atoms with Crippen LogP contribution in [-0.2, 0) is 12.3 Å². The molecule has 1 fully saturated rings. The lowest BCUT2D eigenvalue weighted by Crippen LogP contribution is -2.46. The molecule has 1 saturated heterocycles. The SMILES string of the molecule is CSCc1noc(CN2CCN(c3ccnc(C)c3)CC2)n1. The molecular formula is C15H21N5OS. The van der Waals surface area contributed by atoms with Crippen LogP contribution in [0.2, 0.25) is 0 Å². The number of hydrogen-bond donors (Lipinski definition) is 0. The number of pyridine rings is 1. The van der Waals surface area contributed by atoms with E-state index in [1.807, 2.05) is 19.4 Å². The second-order valence-electron chi connectivity index (χ2n) is 5.46. The molecular weight excluding hydrogens is 298 g/mol. The van der Waals surface area contributed by atoms with Gasteiger partial charge in [0.05, 0.1) is 12.3 Å². The smallest absolute Gasteiger partial charge is 0.240 e. The van der Waals surface area contributed by atoms with Crippen LogP contribution in [0.25, 0.3) is 0 Å². The van der Waals surface area contributed by atoms with Crippen LogP contribution in [0.4, 0.5) is 5.69 Å². The number of rotatable bonds is 5. The Morgan fingerprint density at radius 2 is 2.09 bits per heavy atom. The van der Waals surface area contributed by atoms with Crippen LogP contribution in [0.1, 0.15) is 17.4 Å². The summed E-state index contributed by atoms with van der Waals surface area (Å²) in [6.45, 7) is 6.79. The van der Waals surface area contributed by atoms with Gasteiger partial charge < -0.3 is 9.42 Å². The molecule has 7 heteroatoms. The molecule has 3 heterocycles. The molecule has 6 nitrogen and oxygen atoms in total. The predicted molar refractivity (Wildman–Crippen MR) is 88.0 cm³/mol. The van der Waals surface area contributed by atoms with E-state index in [0.29, 0.717) is 0 Å². The van der Waals surface area contributed by atoms with E-state index >= 15 is 0 Å². The largest absolute Gasteiger partial charge is 0.369 e. The number of aromatic nitrogens is 3. The van der Waals surface area contributed by atoms with Crippen molar-refractivity contribution in [2.45, 2.75) is 19.2 Å². The zero-order valence-corrected chi connectivity index (χ0v) is 13.8. The van der Waals surface area contributed by atoms with Crippen molar-refractivity contribution in [3.05, 3.63) is 35.7 Å². The van der Waals surface area contributed by atoms with Crippen LogP contribution in [-0.4, -0.2) is 52.5 Å². The summed E-state index contributed by atoms with van der Waals surface area (Å²) in [5, 5.41) is 3.99. The lowest BCUT2D eigenvalue weighted by molar-refractivity contribution is 0.215. The van der Waals surface area contributed by atoms with Gasteiger partial charge >= 0.3 is 0 Å². The molecule has 2 aromatic heterocycles. The lowest BCUT2D eigenvalue weighted by Gasteiger charge is -2.35. The Morgan fingerprint density at radius 3 is 2.82 bits per heavy atom. The zero-order chi connectivity index (χ0) is 15.4. The van der Waals surface area contributed by atoms with Crippen LogP contribution in [0.15, 0.2) is 22.9 Å². The highest BCUT2D eigenvalue weighted by molar-refractivity contribution is 7.97. The number of nitrogens with zero attached hydrogens (tertiary/aromatic N) is 5. The van der Waals surface area contributed by atoms with Gasteiger partial charge in [0.15, 0.2) is 5.82 Å². The van der Waals surface area contributed by atoms with Gasteiger partial charge in [-0.25, -0.2) is 0 Å². The number of piperazine rings is 1. The third kappa shape index (κ3) is 3.78. The molecule has 118 valence electrons. The first-order chi connectivity index (χ1) is 10.7. The number of thioether (sulfide) groups is 1. The highest BCUT2D eigenvalue weighted by Crippen LogP contribution is 2.17. The van der Waals surface area contributed by atoms with Crippen LogP contribution < -0.4 is 4.90 Å². The molecule has 2 aromatic rings. The molecule has 0 amide bonds. The fourth-order valence-corrected chi connectivity index (χ4v) is 3.00.